The van der Waals surface area contributed by atoms with Crippen molar-refractivity contribution in [2.45, 2.75) is 33.1 Å². The number of imidazole rings is 1. The number of carbonyl (C=O) groups excluding carboxylic acids is 1. The highest BCUT2D eigenvalue weighted by atomic mass is 16.5. The van der Waals surface area contributed by atoms with Crippen LogP contribution in [0.15, 0.2) is 18.2 Å². The van der Waals surface area contributed by atoms with Gasteiger partial charge in [0, 0.05) is 44.6 Å². The number of carbonyl (C=O) groups is 1. The fourth-order valence-corrected chi connectivity index (χ4v) is 2.88. The summed E-state index contributed by atoms with van der Waals surface area (Å²) in [5.41, 5.74) is 5.01. The van der Waals surface area contributed by atoms with Crippen molar-refractivity contribution >= 4 is 16.9 Å². The molecule has 2 N–H and O–H groups in total. The van der Waals surface area contributed by atoms with Crippen molar-refractivity contribution < 1.29 is 9.53 Å². The molecule has 0 spiro atoms. The minimum absolute atomic E-state index is 0.114. The van der Waals surface area contributed by atoms with Crippen LogP contribution in [0, 0.1) is 13.8 Å². The van der Waals surface area contributed by atoms with E-state index in [1.165, 1.54) is 0 Å². The van der Waals surface area contributed by atoms with Crippen molar-refractivity contribution in [1.82, 2.24) is 25.1 Å². The molecule has 0 aliphatic heterocycles. The van der Waals surface area contributed by atoms with Gasteiger partial charge in [0.15, 0.2) is 0 Å². The number of rotatable bonds is 7. The van der Waals surface area contributed by atoms with Crippen LogP contribution >= 0.6 is 0 Å². The van der Waals surface area contributed by atoms with Gasteiger partial charge in [-0.2, -0.15) is 5.10 Å². The summed E-state index contributed by atoms with van der Waals surface area (Å²) in [4.78, 5) is 22.0. The summed E-state index contributed by atoms with van der Waals surface area (Å²) >= 11 is 0. The third kappa shape index (κ3) is 3.87. The summed E-state index contributed by atoms with van der Waals surface area (Å²) in [5, 5.41) is 7.22. The van der Waals surface area contributed by atoms with E-state index in [0.717, 1.165) is 39.6 Å². The molecule has 0 saturated carbocycles. The van der Waals surface area contributed by atoms with Gasteiger partial charge in [-0.05, 0) is 31.5 Å². The standard InChI is InChI=1S/C19H25N5O2/c1-12-13(2)22-23-15(12)7-8-19(25)24(3)10-9-18-20-16-6-5-14(26-4)11-17(16)21-18/h5-6,11H,7-10H2,1-4H3,(H,20,21)(H,22,23). The molecule has 138 valence electrons. The van der Waals surface area contributed by atoms with Gasteiger partial charge in [-0.15, -0.1) is 0 Å². The van der Waals surface area contributed by atoms with E-state index >= 15 is 0 Å². The minimum atomic E-state index is 0.114. The Morgan fingerprint density at radius 2 is 2.08 bits per heavy atom. The first-order chi connectivity index (χ1) is 12.5. The molecular formula is C19H25N5O2. The molecule has 1 aromatic carbocycles. The number of benzene rings is 1. The average molecular weight is 355 g/mol. The first kappa shape index (κ1) is 18.0. The van der Waals surface area contributed by atoms with E-state index in [0.29, 0.717) is 25.8 Å². The zero-order chi connectivity index (χ0) is 18.7. The van der Waals surface area contributed by atoms with Gasteiger partial charge in [0.1, 0.15) is 11.6 Å². The lowest BCUT2D eigenvalue weighted by Gasteiger charge is -2.16. The van der Waals surface area contributed by atoms with Crippen molar-refractivity contribution in [3.05, 3.63) is 41.0 Å². The van der Waals surface area contributed by atoms with Crippen molar-refractivity contribution in [1.29, 1.82) is 0 Å². The van der Waals surface area contributed by atoms with Gasteiger partial charge in [-0.1, -0.05) is 0 Å². The molecule has 1 amide bonds. The number of methoxy groups -OCH3 is 1. The number of hydrogen-bond acceptors (Lipinski definition) is 4. The van der Waals surface area contributed by atoms with Crippen LogP contribution in [0.5, 0.6) is 5.75 Å². The summed E-state index contributed by atoms with van der Waals surface area (Å²) < 4.78 is 5.23. The van der Waals surface area contributed by atoms with E-state index in [4.69, 9.17) is 4.74 Å². The molecule has 2 aromatic heterocycles. The monoisotopic (exact) mass is 355 g/mol. The third-order valence-electron chi connectivity index (χ3n) is 4.78. The molecular weight excluding hydrogens is 330 g/mol. The second-order valence-electron chi connectivity index (χ2n) is 6.55. The summed E-state index contributed by atoms with van der Waals surface area (Å²) in [7, 11) is 3.47. The van der Waals surface area contributed by atoms with E-state index in [-0.39, 0.29) is 5.91 Å². The number of likely N-dealkylation sites (N-methyl/N-ethyl adjacent to an activating group) is 1. The number of H-pyrrole nitrogens is 2. The van der Waals surface area contributed by atoms with Gasteiger partial charge in [-0.3, -0.25) is 9.89 Å². The van der Waals surface area contributed by atoms with Crippen molar-refractivity contribution in [2.75, 3.05) is 20.7 Å². The van der Waals surface area contributed by atoms with Crippen LogP contribution in [0.25, 0.3) is 11.0 Å². The zero-order valence-electron chi connectivity index (χ0n) is 15.7. The van der Waals surface area contributed by atoms with Gasteiger partial charge in [-0.25, -0.2) is 4.98 Å². The number of ether oxygens (including phenoxy) is 1. The zero-order valence-corrected chi connectivity index (χ0v) is 15.7. The largest absolute Gasteiger partial charge is 0.497 e. The molecule has 0 atom stereocenters. The van der Waals surface area contributed by atoms with Crippen LogP contribution < -0.4 is 4.74 Å². The highest BCUT2D eigenvalue weighted by Gasteiger charge is 2.13. The Morgan fingerprint density at radius 1 is 1.27 bits per heavy atom. The maximum Gasteiger partial charge on any atom is 0.222 e. The van der Waals surface area contributed by atoms with E-state index in [1.807, 2.05) is 39.1 Å². The van der Waals surface area contributed by atoms with Crippen LogP contribution in [0.1, 0.15) is 29.2 Å². The van der Waals surface area contributed by atoms with Crippen molar-refractivity contribution in [3.8, 4) is 5.75 Å². The summed E-state index contributed by atoms with van der Waals surface area (Å²) in [6.45, 7) is 4.63. The molecule has 0 unspecified atom stereocenters. The van der Waals surface area contributed by atoms with Crippen LogP contribution in [0.2, 0.25) is 0 Å². The van der Waals surface area contributed by atoms with Gasteiger partial charge in [0.05, 0.1) is 23.8 Å². The predicted molar refractivity (Wildman–Crippen MR) is 100 cm³/mol. The summed E-state index contributed by atoms with van der Waals surface area (Å²) in [5.74, 6) is 1.78. The fourth-order valence-electron chi connectivity index (χ4n) is 2.88. The van der Waals surface area contributed by atoms with Gasteiger partial charge in [0.25, 0.3) is 0 Å². The predicted octanol–water partition coefficient (Wildman–Crippen LogP) is 2.55. The lowest BCUT2D eigenvalue weighted by molar-refractivity contribution is -0.129. The van der Waals surface area contributed by atoms with Crippen LogP contribution in [0.4, 0.5) is 0 Å². The molecule has 7 heteroatoms. The van der Waals surface area contributed by atoms with E-state index < -0.39 is 0 Å². The molecule has 0 radical (unpaired) electrons. The highest BCUT2D eigenvalue weighted by Crippen LogP contribution is 2.19. The topological polar surface area (TPSA) is 86.9 Å². The first-order valence-corrected chi connectivity index (χ1v) is 8.75. The second-order valence-corrected chi connectivity index (χ2v) is 6.55. The number of amides is 1. The van der Waals surface area contributed by atoms with Crippen LogP contribution in [-0.2, 0) is 17.6 Å². The number of aryl methyl sites for hydroxylation is 2. The minimum Gasteiger partial charge on any atom is -0.497 e. The van der Waals surface area contributed by atoms with Crippen molar-refractivity contribution in [2.24, 2.45) is 0 Å². The molecule has 3 aromatic rings. The first-order valence-electron chi connectivity index (χ1n) is 8.75. The number of aromatic amines is 2. The smallest absolute Gasteiger partial charge is 0.222 e. The molecule has 0 aliphatic rings. The third-order valence-corrected chi connectivity index (χ3v) is 4.78. The molecule has 0 fully saturated rings. The number of hydrogen-bond donors (Lipinski definition) is 2. The lowest BCUT2D eigenvalue weighted by atomic mass is 10.1. The highest BCUT2D eigenvalue weighted by molar-refractivity contribution is 5.77. The van der Waals surface area contributed by atoms with Crippen molar-refractivity contribution in [3.63, 3.8) is 0 Å². The van der Waals surface area contributed by atoms with E-state index in [9.17, 15) is 4.79 Å². The van der Waals surface area contributed by atoms with Gasteiger partial charge < -0.3 is 14.6 Å². The van der Waals surface area contributed by atoms with Gasteiger partial charge >= 0.3 is 0 Å². The SMILES string of the molecule is COc1ccc2nc(CCN(C)C(=O)CCc3n[nH]c(C)c3C)[nH]c2c1. The number of nitrogens with one attached hydrogen (secondary N) is 2. The Morgan fingerprint density at radius 3 is 2.77 bits per heavy atom. The molecule has 3 rings (SSSR count). The van der Waals surface area contributed by atoms with E-state index in [1.54, 1.807) is 12.0 Å². The quantitative estimate of drug-likeness (QED) is 0.682. The Labute approximate surface area is 152 Å². The molecule has 26 heavy (non-hydrogen) atoms. The Hall–Kier alpha value is -2.83. The molecule has 0 bridgehead atoms. The van der Waals surface area contributed by atoms with E-state index in [2.05, 4.69) is 20.2 Å². The van der Waals surface area contributed by atoms with Crippen LogP contribution in [-0.4, -0.2) is 51.7 Å². The van der Waals surface area contributed by atoms with Crippen LogP contribution in [0.3, 0.4) is 0 Å². The maximum absolute atomic E-state index is 12.4. The molecule has 0 aliphatic carbocycles. The fraction of sp³-hybridized carbons (Fsp3) is 0.421. The second kappa shape index (κ2) is 7.59. The Balaban J connectivity index is 1.53. The number of aromatic nitrogens is 4. The molecule has 0 saturated heterocycles. The summed E-state index contributed by atoms with van der Waals surface area (Å²) in [6.07, 6.45) is 1.79. The molecule has 2 heterocycles. The molecule has 7 nitrogen and oxygen atoms in total. The Bertz CT molecular complexity index is 912. The number of fused-ring (bicyclic) bond motifs is 1. The number of nitrogens with zero attached hydrogens (tertiary/aromatic N) is 3. The Kier molecular flexibility index (Phi) is 5.25. The lowest BCUT2D eigenvalue weighted by Crippen LogP contribution is -2.29. The normalized spacial score (nSPS) is 11.1. The van der Waals surface area contributed by atoms with Gasteiger partial charge in [0.2, 0.25) is 5.91 Å². The average Bonchev–Trinajstić information content (AvgIpc) is 3.20. The summed E-state index contributed by atoms with van der Waals surface area (Å²) in [6, 6.07) is 5.74. The maximum atomic E-state index is 12.4.